The van der Waals surface area contributed by atoms with Crippen LogP contribution in [0.5, 0.6) is 0 Å². The lowest BCUT2D eigenvalue weighted by Gasteiger charge is -2.33. The summed E-state index contributed by atoms with van der Waals surface area (Å²) in [6.07, 6.45) is 11.0. The third-order valence-corrected chi connectivity index (χ3v) is 4.37. The molecule has 0 N–H and O–H groups in total. The van der Waals surface area contributed by atoms with Crippen LogP contribution in [0.25, 0.3) is 0 Å². The van der Waals surface area contributed by atoms with Crippen molar-refractivity contribution in [2.75, 3.05) is 0 Å². The van der Waals surface area contributed by atoms with E-state index in [4.69, 9.17) is 9.47 Å². The number of hydrogen-bond donors (Lipinski definition) is 0. The first-order valence-electron chi connectivity index (χ1n) is 9.14. The molecule has 1 aliphatic rings. The molecular formula is C20H32O4. The third-order valence-electron chi connectivity index (χ3n) is 4.37. The molecule has 1 fully saturated rings. The highest BCUT2D eigenvalue weighted by atomic mass is 16.7. The number of hydrogen-bond acceptors (Lipinski definition) is 4. The van der Waals surface area contributed by atoms with E-state index in [0.717, 1.165) is 25.7 Å². The predicted molar refractivity (Wildman–Crippen MR) is 95.3 cm³/mol. The minimum absolute atomic E-state index is 0.312. The highest BCUT2D eigenvalue weighted by Gasteiger charge is 2.38. The maximum Gasteiger partial charge on any atom is 0.336 e. The van der Waals surface area contributed by atoms with Crippen molar-refractivity contribution in [3.63, 3.8) is 0 Å². The molecule has 0 radical (unpaired) electrons. The van der Waals surface area contributed by atoms with Crippen molar-refractivity contribution in [2.24, 2.45) is 0 Å². The SMILES string of the molecule is C=C(C)C(=O)OC1(OC(=O)C(=C)C)CCCCCCCCCCC1. The van der Waals surface area contributed by atoms with Gasteiger partial charge in [-0.05, 0) is 26.7 Å². The Morgan fingerprint density at radius 2 is 0.958 bits per heavy atom. The van der Waals surface area contributed by atoms with Crippen molar-refractivity contribution in [3.8, 4) is 0 Å². The Morgan fingerprint density at radius 3 is 1.25 bits per heavy atom. The molecule has 0 atom stereocenters. The van der Waals surface area contributed by atoms with Gasteiger partial charge in [-0.2, -0.15) is 0 Å². The predicted octanol–water partition coefficient (Wildman–Crippen LogP) is 5.23. The molecule has 0 aromatic rings. The Morgan fingerprint density at radius 1 is 0.667 bits per heavy atom. The van der Waals surface area contributed by atoms with Gasteiger partial charge >= 0.3 is 11.9 Å². The molecule has 0 aromatic heterocycles. The third kappa shape index (κ3) is 7.33. The number of rotatable bonds is 4. The molecular weight excluding hydrogens is 304 g/mol. The van der Waals surface area contributed by atoms with Gasteiger partial charge in [-0.3, -0.25) is 0 Å². The maximum absolute atomic E-state index is 12.1. The quantitative estimate of drug-likeness (QED) is 0.401. The molecule has 0 aliphatic heterocycles. The molecule has 0 spiro atoms. The van der Waals surface area contributed by atoms with Gasteiger partial charge in [0.1, 0.15) is 0 Å². The van der Waals surface area contributed by atoms with Crippen LogP contribution in [0.3, 0.4) is 0 Å². The average Bonchev–Trinajstić information content (AvgIpc) is 2.50. The van der Waals surface area contributed by atoms with Crippen LogP contribution >= 0.6 is 0 Å². The van der Waals surface area contributed by atoms with Crippen LogP contribution in [0, 0.1) is 0 Å². The molecule has 1 rings (SSSR count). The number of ether oxygens (including phenoxy) is 2. The number of carbonyl (C=O) groups excluding carboxylic acids is 2. The van der Waals surface area contributed by atoms with Crippen LogP contribution in [0.4, 0.5) is 0 Å². The molecule has 24 heavy (non-hydrogen) atoms. The molecule has 0 heterocycles. The lowest BCUT2D eigenvalue weighted by molar-refractivity contribution is -0.229. The first kappa shape index (κ1) is 20.5. The van der Waals surface area contributed by atoms with Crippen LogP contribution in [-0.4, -0.2) is 17.7 Å². The van der Waals surface area contributed by atoms with Crippen LogP contribution in [0.1, 0.15) is 84.5 Å². The Balaban J connectivity index is 2.92. The Labute approximate surface area is 146 Å². The molecule has 1 saturated carbocycles. The fourth-order valence-electron chi connectivity index (χ4n) is 2.89. The maximum atomic E-state index is 12.1. The van der Waals surface area contributed by atoms with Gasteiger partial charge in [-0.25, -0.2) is 9.59 Å². The summed E-state index contributed by atoms with van der Waals surface area (Å²) in [5, 5.41) is 0. The average molecular weight is 336 g/mol. The summed E-state index contributed by atoms with van der Waals surface area (Å²) >= 11 is 0. The minimum atomic E-state index is -1.19. The van der Waals surface area contributed by atoms with Crippen molar-refractivity contribution in [1.82, 2.24) is 0 Å². The Hall–Kier alpha value is -1.58. The Kier molecular flexibility index (Phi) is 8.80. The first-order chi connectivity index (χ1) is 11.4. The van der Waals surface area contributed by atoms with Crippen LogP contribution < -0.4 is 0 Å². The lowest BCUT2D eigenvalue weighted by Crippen LogP contribution is -2.40. The van der Waals surface area contributed by atoms with E-state index in [9.17, 15) is 9.59 Å². The highest BCUT2D eigenvalue weighted by molar-refractivity contribution is 5.89. The smallest absolute Gasteiger partial charge is 0.336 e. The molecule has 4 heteroatoms. The summed E-state index contributed by atoms with van der Waals surface area (Å²) in [7, 11) is 0. The van der Waals surface area contributed by atoms with E-state index < -0.39 is 17.7 Å². The number of carbonyl (C=O) groups is 2. The highest BCUT2D eigenvalue weighted by Crippen LogP contribution is 2.31. The molecule has 0 amide bonds. The van der Waals surface area contributed by atoms with E-state index in [1.165, 1.54) is 32.1 Å². The molecule has 0 unspecified atom stereocenters. The fraction of sp³-hybridized carbons (Fsp3) is 0.700. The lowest BCUT2D eigenvalue weighted by atomic mass is 9.96. The standard InChI is InChI=1S/C20H32O4/c1-16(2)18(21)23-20(24-19(22)17(3)4)14-12-10-8-6-5-7-9-11-13-15-20/h1,3,5-15H2,2,4H3. The van der Waals surface area contributed by atoms with E-state index in [2.05, 4.69) is 13.2 Å². The van der Waals surface area contributed by atoms with E-state index in [0.29, 0.717) is 24.0 Å². The molecule has 0 bridgehead atoms. The van der Waals surface area contributed by atoms with Crippen LogP contribution in [0.15, 0.2) is 24.3 Å². The second-order valence-electron chi connectivity index (χ2n) is 6.93. The van der Waals surface area contributed by atoms with Crippen molar-refractivity contribution < 1.29 is 19.1 Å². The first-order valence-corrected chi connectivity index (χ1v) is 9.14. The van der Waals surface area contributed by atoms with Gasteiger partial charge in [0.25, 0.3) is 5.79 Å². The van der Waals surface area contributed by atoms with E-state index in [-0.39, 0.29) is 0 Å². The van der Waals surface area contributed by atoms with E-state index >= 15 is 0 Å². The van der Waals surface area contributed by atoms with Gasteiger partial charge in [0.05, 0.1) is 0 Å². The molecule has 136 valence electrons. The zero-order valence-corrected chi connectivity index (χ0v) is 15.3. The number of esters is 2. The van der Waals surface area contributed by atoms with Crippen LogP contribution in [0.2, 0.25) is 0 Å². The van der Waals surface area contributed by atoms with E-state index in [1.807, 2.05) is 0 Å². The monoisotopic (exact) mass is 336 g/mol. The topological polar surface area (TPSA) is 52.6 Å². The van der Waals surface area contributed by atoms with Crippen molar-refractivity contribution in [2.45, 2.75) is 90.3 Å². The van der Waals surface area contributed by atoms with Gasteiger partial charge in [0, 0.05) is 24.0 Å². The molecule has 1 aliphatic carbocycles. The van der Waals surface area contributed by atoms with E-state index in [1.54, 1.807) is 13.8 Å². The van der Waals surface area contributed by atoms with Crippen molar-refractivity contribution in [3.05, 3.63) is 24.3 Å². The second kappa shape index (κ2) is 10.3. The summed E-state index contributed by atoms with van der Waals surface area (Å²) in [5.74, 6) is -2.20. The summed E-state index contributed by atoms with van der Waals surface area (Å²) in [5.41, 5.74) is 0.624. The zero-order chi connectivity index (χ0) is 18.0. The zero-order valence-electron chi connectivity index (χ0n) is 15.3. The summed E-state index contributed by atoms with van der Waals surface area (Å²) in [4.78, 5) is 24.2. The van der Waals surface area contributed by atoms with Gasteiger partial charge in [0.2, 0.25) is 0 Å². The summed E-state index contributed by atoms with van der Waals surface area (Å²) in [6, 6.07) is 0. The molecule has 0 aromatic carbocycles. The summed E-state index contributed by atoms with van der Waals surface area (Å²) in [6.45, 7) is 10.5. The van der Waals surface area contributed by atoms with Crippen molar-refractivity contribution in [1.29, 1.82) is 0 Å². The van der Waals surface area contributed by atoms with Gasteiger partial charge in [-0.1, -0.05) is 58.1 Å². The second-order valence-corrected chi connectivity index (χ2v) is 6.93. The van der Waals surface area contributed by atoms with Crippen molar-refractivity contribution >= 4 is 11.9 Å². The van der Waals surface area contributed by atoms with Gasteiger partial charge in [0.15, 0.2) is 0 Å². The Bertz CT molecular complexity index is 422. The largest absolute Gasteiger partial charge is 0.419 e. The minimum Gasteiger partial charge on any atom is -0.419 e. The fourth-order valence-corrected chi connectivity index (χ4v) is 2.89. The normalized spacial score (nSPS) is 19.2. The summed E-state index contributed by atoms with van der Waals surface area (Å²) < 4.78 is 11.3. The van der Waals surface area contributed by atoms with Crippen LogP contribution in [-0.2, 0) is 19.1 Å². The van der Waals surface area contributed by atoms with Gasteiger partial charge < -0.3 is 9.47 Å². The molecule has 0 saturated heterocycles. The molecule has 4 nitrogen and oxygen atoms in total. The van der Waals surface area contributed by atoms with Gasteiger partial charge in [-0.15, -0.1) is 0 Å².